The number of hydrogen-bond donors (Lipinski definition) is 2. The van der Waals surface area contributed by atoms with Crippen LogP contribution in [0.5, 0.6) is 0 Å². The van der Waals surface area contributed by atoms with Gasteiger partial charge in [-0.1, -0.05) is 0 Å². The molecule has 8 nitrogen and oxygen atoms in total. The number of aliphatic imine (C=N–C) groups is 1. The maximum absolute atomic E-state index is 8.38. The van der Waals surface area contributed by atoms with Crippen LogP contribution in [-0.2, 0) is 18.9 Å². The zero-order valence-corrected chi connectivity index (χ0v) is 11.3. The Kier molecular flexibility index (Phi) is 5.55. The highest BCUT2D eigenvalue weighted by molar-refractivity contribution is 5.79. The van der Waals surface area contributed by atoms with E-state index in [2.05, 4.69) is 10.3 Å². The molecule has 0 aromatic carbocycles. The molecule has 0 aliphatic carbocycles. The lowest BCUT2D eigenvalue weighted by molar-refractivity contribution is -0.277. The lowest BCUT2D eigenvalue weighted by atomic mass is 9.81. The van der Waals surface area contributed by atoms with Crippen molar-refractivity contribution in [2.45, 2.75) is 18.9 Å². The molecule has 2 heterocycles. The standard InChI is InChI=1S/C12H20N4O4/c13-7-16-11(14)15-3-1-2-10-12(6-19-9-20-10)4-17-8-18-5-12/h10H,1-6,8-9H2,(H3,14,15,16). The Bertz CT molecular complexity index is 368. The van der Waals surface area contributed by atoms with E-state index in [1.54, 1.807) is 6.19 Å². The number of guanidine groups is 1. The molecule has 0 saturated carbocycles. The van der Waals surface area contributed by atoms with E-state index in [1.165, 1.54) is 0 Å². The van der Waals surface area contributed by atoms with Gasteiger partial charge in [0.25, 0.3) is 0 Å². The van der Waals surface area contributed by atoms with Crippen LogP contribution in [0.2, 0.25) is 0 Å². The van der Waals surface area contributed by atoms with Gasteiger partial charge in [0.05, 0.1) is 31.3 Å². The topological polar surface area (TPSA) is 111 Å². The van der Waals surface area contributed by atoms with Crippen molar-refractivity contribution in [3.8, 4) is 6.19 Å². The predicted molar refractivity (Wildman–Crippen MR) is 69.4 cm³/mol. The Morgan fingerprint density at radius 1 is 1.30 bits per heavy atom. The Morgan fingerprint density at radius 3 is 2.70 bits per heavy atom. The third-order valence-corrected chi connectivity index (χ3v) is 3.46. The van der Waals surface area contributed by atoms with Crippen LogP contribution in [0.25, 0.3) is 0 Å². The van der Waals surface area contributed by atoms with Crippen LogP contribution < -0.4 is 11.1 Å². The summed E-state index contributed by atoms with van der Waals surface area (Å²) in [6.07, 6.45) is 3.37. The van der Waals surface area contributed by atoms with E-state index in [0.29, 0.717) is 40.0 Å². The van der Waals surface area contributed by atoms with Gasteiger partial charge in [0.1, 0.15) is 13.6 Å². The number of hydrogen-bond acceptors (Lipinski definition) is 6. The molecular weight excluding hydrogens is 264 g/mol. The fraction of sp³-hybridized carbons (Fsp3) is 0.833. The largest absolute Gasteiger partial charge is 0.369 e. The molecule has 2 saturated heterocycles. The van der Waals surface area contributed by atoms with Crippen LogP contribution in [0.1, 0.15) is 12.8 Å². The van der Waals surface area contributed by atoms with Gasteiger partial charge in [-0.15, -0.1) is 0 Å². The average molecular weight is 284 g/mol. The van der Waals surface area contributed by atoms with E-state index in [-0.39, 0.29) is 17.5 Å². The molecular formula is C12H20N4O4. The molecule has 20 heavy (non-hydrogen) atoms. The first-order chi connectivity index (χ1) is 9.77. The van der Waals surface area contributed by atoms with Crippen LogP contribution >= 0.6 is 0 Å². The van der Waals surface area contributed by atoms with Crippen LogP contribution in [0.4, 0.5) is 0 Å². The molecule has 0 amide bonds. The minimum Gasteiger partial charge on any atom is -0.369 e. The molecule has 2 fully saturated rings. The van der Waals surface area contributed by atoms with Gasteiger partial charge in [0.2, 0.25) is 5.96 Å². The van der Waals surface area contributed by atoms with Crippen molar-refractivity contribution in [3.63, 3.8) is 0 Å². The van der Waals surface area contributed by atoms with Crippen molar-refractivity contribution >= 4 is 5.96 Å². The average Bonchev–Trinajstić information content (AvgIpc) is 2.47. The molecule has 0 bridgehead atoms. The summed E-state index contributed by atoms with van der Waals surface area (Å²) < 4.78 is 21.9. The Hall–Kier alpha value is -1.40. The van der Waals surface area contributed by atoms with Crippen LogP contribution in [0.15, 0.2) is 4.99 Å². The number of nitriles is 1. The summed E-state index contributed by atoms with van der Waals surface area (Å²) >= 11 is 0. The second-order valence-corrected chi connectivity index (χ2v) is 4.94. The van der Waals surface area contributed by atoms with Crippen molar-refractivity contribution in [2.24, 2.45) is 16.1 Å². The van der Waals surface area contributed by atoms with Gasteiger partial charge in [-0.25, -0.2) is 0 Å². The first-order valence-electron chi connectivity index (χ1n) is 6.57. The van der Waals surface area contributed by atoms with Gasteiger partial charge in [-0.05, 0) is 12.8 Å². The van der Waals surface area contributed by atoms with E-state index in [0.717, 1.165) is 12.8 Å². The minimum absolute atomic E-state index is 0.0249. The van der Waals surface area contributed by atoms with E-state index < -0.39 is 0 Å². The molecule has 0 aromatic heterocycles. The van der Waals surface area contributed by atoms with E-state index >= 15 is 0 Å². The predicted octanol–water partition coefficient (Wildman–Crippen LogP) is -0.484. The van der Waals surface area contributed by atoms with Gasteiger partial charge in [-0.3, -0.25) is 10.3 Å². The SMILES string of the molecule is N#CNC(N)=NCCCC1OCOCC12COCOC2. The van der Waals surface area contributed by atoms with Crippen molar-refractivity contribution in [3.05, 3.63) is 0 Å². The maximum atomic E-state index is 8.38. The first-order valence-corrected chi connectivity index (χ1v) is 6.57. The monoisotopic (exact) mass is 284 g/mol. The highest BCUT2D eigenvalue weighted by Crippen LogP contribution is 2.34. The summed E-state index contributed by atoms with van der Waals surface area (Å²) in [7, 11) is 0. The van der Waals surface area contributed by atoms with Gasteiger partial charge in [-0.2, -0.15) is 5.26 Å². The van der Waals surface area contributed by atoms with Crippen LogP contribution in [0.3, 0.4) is 0 Å². The summed E-state index contributed by atoms with van der Waals surface area (Å²) in [4.78, 5) is 4.04. The highest BCUT2D eigenvalue weighted by Gasteiger charge is 2.44. The number of nitrogens with one attached hydrogen (secondary N) is 1. The normalized spacial score (nSPS) is 26.1. The Morgan fingerprint density at radius 2 is 2.00 bits per heavy atom. The van der Waals surface area contributed by atoms with E-state index in [4.69, 9.17) is 29.9 Å². The molecule has 2 aliphatic rings. The molecule has 1 unspecified atom stereocenters. The summed E-state index contributed by atoms with van der Waals surface area (Å²) in [5.41, 5.74) is 5.24. The second kappa shape index (κ2) is 7.40. The summed E-state index contributed by atoms with van der Waals surface area (Å²) in [5, 5.41) is 10.7. The third-order valence-electron chi connectivity index (χ3n) is 3.46. The second-order valence-electron chi connectivity index (χ2n) is 4.94. The molecule has 0 aromatic rings. The molecule has 1 atom stereocenters. The molecule has 1 spiro atoms. The van der Waals surface area contributed by atoms with Gasteiger partial charge >= 0.3 is 0 Å². The van der Waals surface area contributed by atoms with Gasteiger partial charge < -0.3 is 24.7 Å². The van der Waals surface area contributed by atoms with Crippen LogP contribution in [-0.4, -0.2) is 52.0 Å². The van der Waals surface area contributed by atoms with Crippen molar-refractivity contribution in [1.29, 1.82) is 5.26 Å². The van der Waals surface area contributed by atoms with Crippen molar-refractivity contribution in [1.82, 2.24) is 5.32 Å². The Labute approximate surface area is 117 Å². The third kappa shape index (κ3) is 3.80. The smallest absolute Gasteiger partial charge is 0.202 e. The quantitative estimate of drug-likeness (QED) is 0.236. The van der Waals surface area contributed by atoms with Crippen molar-refractivity contribution < 1.29 is 18.9 Å². The van der Waals surface area contributed by atoms with Crippen LogP contribution in [0, 0.1) is 16.9 Å². The van der Waals surface area contributed by atoms with E-state index in [1.807, 2.05) is 0 Å². The molecule has 112 valence electrons. The number of ether oxygens (including phenoxy) is 4. The minimum atomic E-state index is -0.226. The fourth-order valence-corrected chi connectivity index (χ4v) is 2.47. The van der Waals surface area contributed by atoms with Gasteiger partial charge in [0.15, 0.2) is 6.19 Å². The Balaban J connectivity index is 1.81. The van der Waals surface area contributed by atoms with Gasteiger partial charge in [0, 0.05) is 6.54 Å². The van der Waals surface area contributed by atoms with E-state index in [9.17, 15) is 0 Å². The lowest BCUT2D eigenvalue weighted by Gasteiger charge is -2.45. The zero-order valence-electron chi connectivity index (χ0n) is 11.3. The molecule has 8 heteroatoms. The molecule has 0 radical (unpaired) electrons. The summed E-state index contributed by atoms with van der Waals surface area (Å²) in [6, 6.07) is 0. The summed E-state index contributed by atoms with van der Waals surface area (Å²) in [6.45, 7) is 2.92. The number of nitrogens with two attached hydrogens (primary N) is 1. The molecule has 2 aliphatic heterocycles. The summed E-state index contributed by atoms with van der Waals surface area (Å²) in [5.74, 6) is 0.138. The van der Waals surface area contributed by atoms with Crippen molar-refractivity contribution in [2.75, 3.05) is 40.0 Å². The molecule has 2 rings (SSSR count). The zero-order chi connectivity index (χ0) is 14.3. The number of nitrogens with zero attached hydrogens (tertiary/aromatic N) is 2. The molecule has 3 N–H and O–H groups in total. The fourth-order valence-electron chi connectivity index (χ4n) is 2.47. The number of rotatable bonds is 4. The highest BCUT2D eigenvalue weighted by atomic mass is 16.7. The lowest BCUT2D eigenvalue weighted by Crippen LogP contribution is -2.54. The first kappa shape index (κ1) is 15.0. The maximum Gasteiger partial charge on any atom is 0.202 e.